The second-order valence-electron chi connectivity index (χ2n) is 14.3. The van der Waals surface area contributed by atoms with Crippen LogP contribution in [-0.4, -0.2) is 17.5 Å². The first kappa shape index (κ1) is 41.4. The summed E-state index contributed by atoms with van der Waals surface area (Å²) in [6, 6.07) is 56.1. The van der Waals surface area contributed by atoms with Gasteiger partial charge in [0.15, 0.2) is 18.5 Å². The largest absolute Gasteiger partial charge is 3.00 e. The minimum atomic E-state index is 0. The molecule has 3 unspecified atom stereocenters. The van der Waals surface area contributed by atoms with Crippen LogP contribution in [0, 0.1) is 20.8 Å². The standard InChI is InChI=1S/3C16H17N3.Ir/c3*1-12-8-6-7-11-15(12)19-16(17-13(2)18-19)14-9-4-3-5-10-14;/h3*3-11,16H,1-2H3,(H,17,18);/q;;;+3. The van der Waals surface area contributed by atoms with E-state index in [0.29, 0.717) is 0 Å². The van der Waals surface area contributed by atoms with Gasteiger partial charge in [0.05, 0.1) is 17.1 Å². The molecule has 3 aliphatic rings. The molecule has 6 aromatic rings. The van der Waals surface area contributed by atoms with Gasteiger partial charge in [0, 0.05) is 0 Å². The third-order valence-electron chi connectivity index (χ3n) is 9.95. The zero-order valence-electron chi connectivity index (χ0n) is 33.8. The Labute approximate surface area is 356 Å². The number of nitrogens with zero attached hydrogens (tertiary/aromatic N) is 6. The average Bonchev–Trinajstić information content (AvgIpc) is 3.95. The van der Waals surface area contributed by atoms with E-state index in [0.717, 1.165) is 34.6 Å². The smallest absolute Gasteiger partial charge is 0.283 e. The maximum Gasteiger partial charge on any atom is 3.00 e. The molecule has 6 aromatic carbocycles. The minimum Gasteiger partial charge on any atom is -0.283 e. The molecular formula is C48H51IrN9+3. The number of aliphatic imine (C=N–C) groups is 3. The quantitative estimate of drug-likeness (QED) is 0.154. The second-order valence-corrected chi connectivity index (χ2v) is 14.3. The van der Waals surface area contributed by atoms with Crippen LogP contribution in [0.15, 0.2) is 179 Å². The summed E-state index contributed by atoms with van der Waals surface area (Å²) < 4.78 is 0. The van der Waals surface area contributed by atoms with Crippen molar-refractivity contribution in [1.82, 2.24) is 16.3 Å². The number of rotatable bonds is 6. The molecule has 58 heavy (non-hydrogen) atoms. The van der Waals surface area contributed by atoms with Gasteiger partial charge in [-0.05, 0) is 93.1 Å². The maximum atomic E-state index is 4.69. The van der Waals surface area contributed by atoms with Crippen LogP contribution in [0.3, 0.4) is 0 Å². The molecule has 0 fully saturated rings. The maximum absolute atomic E-state index is 4.69. The Hall–Kier alpha value is -6.22. The van der Waals surface area contributed by atoms with Gasteiger partial charge in [-0.1, -0.05) is 146 Å². The third kappa shape index (κ3) is 9.65. The molecule has 9 nitrogen and oxygen atoms in total. The first-order valence-electron chi connectivity index (χ1n) is 19.4. The monoisotopic (exact) mass is 946 g/mol. The molecule has 0 amide bonds. The number of aryl methyl sites for hydroxylation is 3. The van der Waals surface area contributed by atoms with Gasteiger partial charge in [-0.3, -0.25) is 31.3 Å². The molecule has 0 aliphatic carbocycles. The number of benzene rings is 6. The van der Waals surface area contributed by atoms with Gasteiger partial charge in [0.2, 0.25) is 0 Å². The van der Waals surface area contributed by atoms with Gasteiger partial charge >= 0.3 is 20.1 Å². The van der Waals surface area contributed by atoms with Gasteiger partial charge < -0.3 is 0 Å². The van der Waals surface area contributed by atoms with E-state index >= 15 is 0 Å². The van der Waals surface area contributed by atoms with Crippen LogP contribution in [-0.2, 0) is 20.1 Å². The average molecular weight is 946 g/mol. The van der Waals surface area contributed by atoms with Crippen LogP contribution in [0.5, 0.6) is 0 Å². The van der Waals surface area contributed by atoms with Crippen molar-refractivity contribution in [3.05, 3.63) is 197 Å². The van der Waals surface area contributed by atoms with Crippen LogP contribution < -0.4 is 31.3 Å². The van der Waals surface area contributed by atoms with Crippen molar-refractivity contribution < 1.29 is 20.1 Å². The fourth-order valence-corrected chi connectivity index (χ4v) is 7.14. The predicted octanol–water partition coefficient (Wildman–Crippen LogP) is 10.3. The van der Waals surface area contributed by atoms with E-state index in [1.807, 2.05) is 39.0 Å². The molecule has 3 heterocycles. The number of para-hydroxylation sites is 3. The van der Waals surface area contributed by atoms with Crippen LogP contribution in [0.4, 0.5) is 17.1 Å². The zero-order chi connectivity index (χ0) is 39.7. The van der Waals surface area contributed by atoms with Crippen molar-refractivity contribution >= 4 is 34.6 Å². The Morgan fingerprint density at radius 3 is 0.793 bits per heavy atom. The molecule has 3 aliphatic heterocycles. The van der Waals surface area contributed by atoms with Crippen LogP contribution in [0.25, 0.3) is 0 Å². The molecule has 3 N–H and O–H groups in total. The Kier molecular flexibility index (Phi) is 13.8. The molecule has 3 atom stereocenters. The molecule has 0 saturated carbocycles. The Bertz CT molecular complexity index is 2080. The summed E-state index contributed by atoms with van der Waals surface area (Å²) in [6.07, 6.45) is 0.00639. The van der Waals surface area contributed by atoms with Crippen molar-refractivity contribution in [3.8, 4) is 0 Å². The van der Waals surface area contributed by atoms with Crippen molar-refractivity contribution in [2.45, 2.75) is 60.0 Å². The number of hydrazine groups is 3. The topological polar surface area (TPSA) is 82.9 Å². The molecule has 9 rings (SSSR count). The molecule has 0 saturated heterocycles. The molecule has 0 spiro atoms. The summed E-state index contributed by atoms with van der Waals surface area (Å²) in [5, 5.41) is 6.38. The summed E-state index contributed by atoms with van der Waals surface area (Å²) in [4.78, 5) is 14.1. The van der Waals surface area contributed by atoms with Crippen molar-refractivity contribution in [1.29, 1.82) is 0 Å². The number of hydrogen-bond donors (Lipinski definition) is 3. The zero-order valence-corrected chi connectivity index (χ0v) is 36.2. The molecular weight excluding hydrogens is 895 g/mol. The van der Waals surface area contributed by atoms with Crippen molar-refractivity contribution in [3.63, 3.8) is 0 Å². The number of nitrogens with one attached hydrogen (secondary N) is 3. The molecule has 0 radical (unpaired) electrons. The Morgan fingerprint density at radius 1 is 0.328 bits per heavy atom. The molecule has 0 bridgehead atoms. The van der Waals surface area contributed by atoms with Crippen molar-refractivity contribution in [2.75, 3.05) is 15.0 Å². The first-order chi connectivity index (χ1) is 27.8. The van der Waals surface area contributed by atoms with Gasteiger partial charge in [-0.25, -0.2) is 15.0 Å². The van der Waals surface area contributed by atoms with Gasteiger partial charge in [-0.15, -0.1) is 0 Å². The fourth-order valence-electron chi connectivity index (χ4n) is 7.14. The SMILES string of the molecule is CC1=NC(c2ccccc2)N(c2ccccc2C)N1.CC1=NC(c2ccccc2)N(c2ccccc2C)N1.CC1=NC(c2ccccc2)N(c2ccccc2C)N1.[Ir+3]. The Morgan fingerprint density at radius 2 is 0.552 bits per heavy atom. The summed E-state index contributed by atoms with van der Waals surface area (Å²) in [5.74, 6) is 2.83. The minimum absolute atomic E-state index is 0. The first-order valence-corrected chi connectivity index (χ1v) is 19.4. The van der Waals surface area contributed by atoms with E-state index in [1.54, 1.807) is 0 Å². The van der Waals surface area contributed by atoms with Gasteiger partial charge in [-0.2, -0.15) is 0 Å². The van der Waals surface area contributed by atoms with Gasteiger partial charge in [0.25, 0.3) is 0 Å². The summed E-state index contributed by atoms with van der Waals surface area (Å²) in [5.41, 5.74) is 20.8. The fraction of sp³-hybridized carbons (Fsp3) is 0.188. The number of amidine groups is 3. The third-order valence-corrected chi connectivity index (χ3v) is 9.95. The van der Waals surface area contributed by atoms with Crippen molar-refractivity contribution in [2.24, 2.45) is 15.0 Å². The van der Waals surface area contributed by atoms with E-state index in [1.165, 1.54) is 33.4 Å². The normalized spacial score (nSPS) is 17.8. The van der Waals surface area contributed by atoms with E-state index in [-0.39, 0.29) is 38.6 Å². The van der Waals surface area contributed by atoms with Crippen LogP contribution in [0.2, 0.25) is 0 Å². The summed E-state index contributed by atoms with van der Waals surface area (Å²) >= 11 is 0. The van der Waals surface area contributed by atoms with Gasteiger partial charge in [0.1, 0.15) is 17.5 Å². The van der Waals surface area contributed by atoms with E-state index < -0.39 is 0 Å². The molecule has 10 heteroatoms. The van der Waals surface area contributed by atoms with E-state index in [2.05, 4.69) is 213 Å². The van der Waals surface area contributed by atoms with E-state index in [4.69, 9.17) is 0 Å². The number of anilines is 3. The van der Waals surface area contributed by atoms with E-state index in [9.17, 15) is 0 Å². The second kappa shape index (κ2) is 19.3. The predicted molar refractivity (Wildman–Crippen MR) is 237 cm³/mol. The molecule has 0 aromatic heterocycles. The summed E-state index contributed by atoms with van der Waals surface area (Å²) in [7, 11) is 0. The molecule has 294 valence electrons. The van der Waals surface area contributed by atoms with Crippen LogP contribution in [0.1, 0.15) is 72.6 Å². The Balaban J connectivity index is 0.000000145. The number of hydrogen-bond acceptors (Lipinski definition) is 9. The summed E-state index contributed by atoms with van der Waals surface area (Å²) in [6.45, 7) is 12.3. The van der Waals surface area contributed by atoms with Crippen LogP contribution >= 0.6 is 0 Å².